The van der Waals surface area contributed by atoms with Gasteiger partial charge in [0.1, 0.15) is 49.4 Å². The molecule has 0 N–H and O–H groups in total. The first-order chi connectivity index (χ1) is 18.3. The minimum atomic E-state index is 0.251. The van der Waals surface area contributed by atoms with Crippen LogP contribution in [0, 0.1) is 47.4 Å². The maximum absolute atomic E-state index is 5.73. The summed E-state index contributed by atoms with van der Waals surface area (Å²) in [6.45, 7) is 6.77. The second-order valence-corrected chi connectivity index (χ2v) is 8.31. The van der Waals surface area contributed by atoms with Gasteiger partial charge in [0.2, 0.25) is 0 Å². The lowest BCUT2D eigenvalue weighted by Crippen LogP contribution is -2.31. The lowest BCUT2D eigenvalue weighted by Gasteiger charge is -2.18. The summed E-state index contributed by atoms with van der Waals surface area (Å²) in [5, 5.41) is 0. The summed E-state index contributed by atoms with van der Waals surface area (Å²) in [5.74, 6) is 26.9. The molecule has 2 atom stereocenters. The molecule has 6 nitrogen and oxygen atoms in total. The van der Waals surface area contributed by atoms with Crippen molar-refractivity contribution in [2.45, 2.75) is 6.42 Å². The van der Waals surface area contributed by atoms with Crippen molar-refractivity contribution in [3.63, 3.8) is 0 Å². The fourth-order valence-corrected chi connectivity index (χ4v) is 3.68. The molecule has 4 aliphatic heterocycles. The van der Waals surface area contributed by atoms with Gasteiger partial charge in [0.05, 0.1) is 13.1 Å². The van der Waals surface area contributed by atoms with Gasteiger partial charge < -0.3 is 18.9 Å². The predicted molar refractivity (Wildman–Crippen MR) is 143 cm³/mol. The van der Waals surface area contributed by atoms with Gasteiger partial charge in [-0.25, -0.2) is 0 Å². The van der Waals surface area contributed by atoms with E-state index in [4.69, 9.17) is 18.9 Å². The predicted octanol–water partition coefficient (Wildman–Crippen LogP) is 2.94. The monoisotopic (exact) mass is 494 g/mol. The third-order valence-electron chi connectivity index (χ3n) is 5.67. The normalized spacial score (nSPS) is 20.1. The molecule has 2 unspecified atom stereocenters. The fourth-order valence-electron chi connectivity index (χ4n) is 3.68. The first-order valence-electron chi connectivity index (χ1n) is 12.4. The molecule has 0 aliphatic carbocycles. The van der Waals surface area contributed by atoms with E-state index in [9.17, 15) is 0 Å². The van der Waals surface area contributed by atoms with Crippen molar-refractivity contribution in [2.75, 3.05) is 65.7 Å². The molecule has 2 aromatic carbocycles. The van der Waals surface area contributed by atoms with E-state index in [0.717, 1.165) is 68.7 Å². The van der Waals surface area contributed by atoms with Crippen molar-refractivity contribution in [2.24, 2.45) is 0 Å². The number of ether oxygens (including phenoxy) is 4. The van der Waals surface area contributed by atoms with Crippen LogP contribution in [0.25, 0.3) is 0 Å². The van der Waals surface area contributed by atoms with E-state index in [0.29, 0.717) is 13.2 Å². The number of benzene rings is 2. The van der Waals surface area contributed by atoms with Gasteiger partial charge in [-0.05, 0) is 78.6 Å². The Labute approximate surface area is 219 Å². The molecule has 4 heterocycles. The van der Waals surface area contributed by atoms with Crippen LogP contribution in [0.2, 0.25) is 0 Å². The highest BCUT2D eigenvalue weighted by Gasteiger charge is 2.12. The standard InChI is InChI=1S/C31H30N2O4/c1-2-6-25-35-29-12-16-31(17-13-29)37-27-8-4-19-33-21-9-20-32(22-23-33)18-3-7-26-36-30-14-10-28(11-15-30)34-24-5-1/h10-17H,9,18-27H2. The Kier molecular flexibility index (Phi) is 10.5. The second kappa shape index (κ2) is 15.0. The van der Waals surface area contributed by atoms with Crippen LogP contribution in [0.1, 0.15) is 6.42 Å². The lowest BCUT2D eigenvalue weighted by molar-refractivity contribution is 0.291. The molecule has 6 rings (SSSR count). The van der Waals surface area contributed by atoms with Crippen LogP contribution in [0.15, 0.2) is 48.5 Å². The Morgan fingerprint density at radius 3 is 1.16 bits per heavy atom. The van der Waals surface area contributed by atoms with Crippen molar-refractivity contribution in [1.29, 1.82) is 0 Å². The van der Waals surface area contributed by atoms with Crippen molar-refractivity contribution < 1.29 is 18.9 Å². The highest BCUT2D eigenvalue weighted by molar-refractivity contribution is 5.33. The maximum atomic E-state index is 5.73. The van der Waals surface area contributed by atoms with Gasteiger partial charge in [-0.2, -0.15) is 0 Å². The number of rotatable bonds is 0. The number of nitrogens with zero attached hydrogens (tertiary/aromatic N) is 2. The van der Waals surface area contributed by atoms with E-state index in [1.807, 2.05) is 48.5 Å². The Hall–Kier alpha value is -4.20. The maximum Gasteiger partial charge on any atom is 0.150 e. The average molecular weight is 495 g/mol. The summed E-state index contributed by atoms with van der Waals surface area (Å²) in [6.07, 6.45) is 1.11. The number of hydrogen-bond donors (Lipinski definition) is 0. The third kappa shape index (κ3) is 9.76. The van der Waals surface area contributed by atoms with E-state index in [-0.39, 0.29) is 13.2 Å². The largest absolute Gasteiger partial charge is 0.481 e. The van der Waals surface area contributed by atoms with Crippen LogP contribution in [0.5, 0.6) is 23.0 Å². The first-order valence-corrected chi connectivity index (χ1v) is 12.4. The molecule has 0 aromatic heterocycles. The van der Waals surface area contributed by atoms with Crippen molar-refractivity contribution in [3.05, 3.63) is 48.5 Å². The Morgan fingerprint density at radius 2 is 0.784 bits per heavy atom. The quantitative estimate of drug-likeness (QED) is 0.525. The average Bonchev–Trinajstić information content (AvgIpc) is 3.16. The van der Waals surface area contributed by atoms with Crippen LogP contribution in [0.4, 0.5) is 0 Å². The molecule has 0 spiro atoms. The van der Waals surface area contributed by atoms with Gasteiger partial charge in [-0.15, -0.1) is 0 Å². The van der Waals surface area contributed by atoms with Gasteiger partial charge >= 0.3 is 0 Å². The summed E-state index contributed by atoms with van der Waals surface area (Å²) < 4.78 is 22.7. The highest BCUT2D eigenvalue weighted by Crippen LogP contribution is 2.18. The van der Waals surface area contributed by atoms with E-state index in [1.165, 1.54) is 0 Å². The van der Waals surface area contributed by atoms with Crippen LogP contribution in [0.3, 0.4) is 0 Å². The van der Waals surface area contributed by atoms with E-state index in [1.54, 1.807) is 0 Å². The minimum Gasteiger partial charge on any atom is -0.481 e. The van der Waals surface area contributed by atoms with E-state index in [2.05, 4.69) is 57.2 Å². The molecule has 1 saturated heterocycles. The zero-order chi connectivity index (χ0) is 25.4. The van der Waals surface area contributed by atoms with Crippen LogP contribution in [-0.4, -0.2) is 75.5 Å². The fraction of sp³-hybridized carbons (Fsp3) is 0.355. The molecule has 0 saturated carbocycles. The van der Waals surface area contributed by atoms with Gasteiger partial charge in [0.25, 0.3) is 0 Å². The second-order valence-electron chi connectivity index (χ2n) is 8.31. The summed E-state index contributed by atoms with van der Waals surface area (Å²) >= 11 is 0. The zero-order valence-corrected chi connectivity index (χ0v) is 20.9. The first kappa shape index (κ1) is 25.9. The third-order valence-corrected chi connectivity index (χ3v) is 5.67. The van der Waals surface area contributed by atoms with Crippen molar-refractivity contribution >= 4 is 0 Å². The van der Waals surface area contributed by atoms with Crippen LogP contribution in [-0.2, 0) is 0 Å². The SMILES string of the molecule is C1#CCOc2ccc(cc2)OCC#CCN2CCCN(CC#CCOc3ccc(cc3)OCC#C1)CC2. The van der Waals surface area contributed by atoms with Gasteiger partial charge in [0, 0.05) is 26.2 Å². The molecule has 0 amide bonds. The minimum absolute atomic E-state index is 0.251. The molecule has 188 valence electrons. The van der Waals surface area contributed by atoms with Crippen LogP contribution >= 0.6 is 0 Å². The Bertz CT molecular complexity index is 1140. The van der Waals surface area contributed by atoms with Crippen molar-refractivity contribution in [1.82, 2.24) is 9.80 Å². The Balaban J connectivity index is 1.35. The molecular formula is C31H30N2O4. The van der Waals surface area contributed by atoms with E-state index >= 15 is 0 Å². The van der Waals surface area contributed by atoms with E-state index < -0.39 is 0 Å². The lowest BCUT2D eigenvalue weighted by atomic mass is 10.3. The number of fused-ring (bicyclic) bond motifs is 2. The summed E-state index contributed by atoms with van der Waals surface area (Å²) in [6, 6.07) is 14.9. The Morgan fingerprint density at radius 1 is 0.432 bits per heavy atom. The number of hydrogen-bond acceptors (Lipinski definition) is 6. The molecule has 1 fully saturated rings. The summed E-state index contributed by atoms with van der Waals surface area (Å²) in [7, 11) is 0. The summed E-state index contributed by atoms with van der Waals surface area (Å²) in [5.41, 5.74) is 0. The molecule has 6 heteroatoms. The van der Waals surface area contributed by atoms with Crippen molar-refractivity contribution in [3.8, 4) is 70.4 Å². The molecule has 2 aromatic rings. The highest BCUT2D eigenvalue weighted by atomic mass is 16.5. The molecule has 0 radical (unpaired) electrons. The molecule has 6 bridgehead atoms. The smallest absolute Gasteiger partial charge is 0.150 e. The topological polar surface area (TPSA) is 43.4 Å². The summed E-state index contributed by atoms with van der Waals surface area (Å²) in [4.78, 5) is 4.77. The van der Waals surface area contributed by atoms with Gasteiger partial charge in [-0.3, -0.25) is 9.80 Å². The van der Waals surface area contributed by atoms with Crippen LogP contribution < -0.4 is 18.9 Å². The zero-order valence-electron chi connectivity index (χ0n) is 20.9. The van der Waals surface area contributed by atoms with Gasteiger partial charge in [0.15, 0.2) is 0 Å². The molecular weight excluding hydrogens is 464 g/mol. The van der Waals surface area contributed by atoms with Gasteiger partial charge in [-0.1, -0.05) is 23.7 Å². The molecule has 4 aliphatic rings. The molecule has 37 heavy (non-hydrogen) atoms.